The molecule has 0 saturated heterocycles. The van der Waals surface area contributed by atoms with Crippen LogP contribution in [0, 0.1) is 0 Å². The molecular weight excluding hydrogens is 538 g/mol. The summed E-state index contributed by atoms with van der Waals surface area (Å²) in [7, 11) is 3.39. The Bertz CT molecular complexity index is 890. The number of rotatable bonds is 8. The maximum absolute atomic E-state index is 12.7. The highest BCUT2D eigenvalue weighted by atomic mass is 127. The van der Waals surface area contributed by atoms with E-state index in [0.717, 1.165) is 17.8 Å². The molecule has 2 rings (SSSR count). The van der Waals surface area contributed by atoms with E-state index in [4.69, 9.17) is 0 Å². The van der Waals surface area contributed by atoms with Crippen molar-refractivity contribution in [3.8, 4) is 0 Å². The predicted molar refractivity (Wildman–Crippen MR) is 128 cm³/mol. The lowest BCUT2D eigenvalue weighted by atomic mass is 10.1. The fourth-order valence-corrected chi connectivity index (χ4v) is 2.48. The second-order valence-corrected chi connectivity index (χ2v) is 6.71. The van der Waals surface area contributed by atoms with Crippen LogP contribution in [0.5, 0.6) is 0 Å². The van der Waals surface area contributed by atoms with Gasteiger partial charge < -0.3 is 20.9 Å². The third kappa shape index (κ3) is 8.85. The van der Waals surface area contributed by atoms with Crippen molar-refractivity contribution < 1.29 is 18.0 Å². The number of carbonyl (C=O) groups is 1. The van der Waals surface area contributed by atoms with Gasteiger partial charge in [-0.1, -0.05) is 12.1 Å². The number of nitrogens with one attached hydrogen (secondary N) is 3. The third-order valence-corrected chi connectivity index (χ3v) is 4.02. The normalized spacial score (nSPS) is 11.4. The monoisotopic (exact) mass is 565 g/mol. The smallest absolute Gasteiger partial charge is 0.357 e. The average molecular weight is 565 g/mol. The zero-order chi connectivity index (χ0) is 22.9. The fraction of sp³-hybridized carbons (Fsp3) is 0.400. The molecule has 1 amide bonds. The summed E-state index contributed by atoms with van der Waals surface area (Å²) in [6.45, 7) is 3.66. The Morgan fingerprint density at radius 1 is 1.09 bits per heavy atom. The highest BCUT2D eigenvalue weighted by Crippen LogP contribution is 2.27. The number of benzene rings is 1. The molecule has 0 fully saturated rings. The molecule has 176 valence electrons. The number of amides is 1. The van der Waals surface area contributed by atoms with E-state index < -0.39 is 11.9 Å². The lowest BCUT2D eigenvalue weighted by Crippen LogP contribution is -2.39. The summed E-state index contributed by atoms with van der Waals surface area (Å²) >= 11 is 0. The van der Waals surface area contributed by atoms with Crippen LogP contribution in [-0.2, 0) is 12.7 Å². The van der Waals surface area contributed by atoms with Crippen LogP contribution in [0.1, 0.15) is 28.5 Å². The standard InChI is InChI=1S/C20H26F3N7O.HI/c1-4-24-18(28-13-14-5-7-15(8-6-14)17(31)30(2)3)26-11-12-27-19-25-10-9-16(29-19)20(21,22)23;/h5-10H,4,11-13H2,1-3H3,(H2,24,26,28)(H,25,27,29);1H. The molecule has 12 heteroatoms. The van der Waals surface area contributed by atoms with E-state index in [1.165, 1.54) is 4.90 Å². The predicted octanol–water partition coefficient (Wildman–Crippen LogP) is 2.98. The zero-order valence-corrected chi connectivity index (χ0v) is 20.4. The minimum absolute atomic E-state index is 0. The van der Waals surface area contributed by atoms with Gasteiger partial charge in [-0.15, -0.1) is 24.0 Å². The molecule has 1 aromatic carbocycles. The number of hydrogen-bond acceptors (Lipinski definition) is 5. The lowest BCUT2D eigenvalue weighted by molar-refractivity contribution is -0.141. The van der Waals surface area contributed by atoms with Crippen molar-refractivity contribution in [3.63, 3.8) is 0 Å². The maximum Gasteiger partial charge on any atom is 0.433 e. The van der Waals surface area contributed by atoms with Crippen molar-refractivity contribution in [2.75, 3.05) is 39.0 Å². The summed E-state index contributed by atoms with van der Waals surface area (Å²) in [5.74, 6) is 0.399. The van der Waals surface area contributed by atoms with E-state index in [-0.39, 0.29) is 35.8 Å². The molecule has 2 aromatic rings. The number of anilines is 1. The Balaban J connectivity index is 0.00000512. The second kappa shape index (κ2) is 13.0. The van der Waals surface area contributed by atoms with E-state index in [1.807, 2.05) is 19.1 Å². The fourth-order valence-electron chi connectivity index (χ4n) is 2.48. The van der Waals surface area contributed by atoms with Crippen molar-refractivity contribution in [2.24, 2.45) is 4.99 Å². The molecule has 0 saturated carbocycles. The summed E-state index contributed by atoms with van der Waals surface area (Å²) in [6, 6.07) is 8.02. The second-order valence-electron chi connectivity index (χ2n) is 6.71. The van der Waals surface area contributed by atoms with Crippen LogP contribution >= 0.6 is 24.0 Å². The van der Waals surface area contributed by atoms with Gasteiger partial charge in [0, 0.05) is 45.5 Å². The largest absolute Gasteiger partial charge is 0.433 e. The Morgan fingerprint density at radius 2 is 1.78 bits per heavy atom. The first-order valence-corrected chi connectivity index (χ1v) is 9.67. The van der Waals surface area contributed by atoms with Crippen LogP contribution in [0.2, 0.25) is 0 Å². The van der Waals surface area contributed by atoms with E-state index in [2.05, 4.69) is 30.9 Å². The molecule has 0 aliphatic carbocycles. The molecule has 0 aliphatic heterocycles. The number of guanidine groups is 1. The van der Waals surface area contributed by atoms with Crippen molar-refractivity contribution in [2.45, 2.75) is 19.6 Å². The summed E-state index contributed by atoms with van der Waals surface area (Å²) in [5, 5.41) is 8.93. The zero-order valence-electron chi connectivity index (χ0n) is 18.0. The summed E-state index contributed by atoms with van der Waals surface area (Å²) < 4.78 is 38.1. The van der Waals surface area contributed by atoms with Crippen LogP contribution < -0.4 is 16.0 Å². The molecule has 3 N–H and O–H groups in total. The van der Waals surface area contributed by atoms with Gasteiger partial charge in [0.25, 0.3) is 5.91 Å². The van der Waals surface area contributed by atoms with Crippen LogP contribution in [0.15, 0.2) is 41.5 Å². The molecule has 0 bridgehead atoms. The number of hydrogen-bond donors (Lipinski definition) is 3. The van der Waals surface area contributed by atoms with Gasteiger partial charge in [0.15, 0.2) is 5.96 Å². The number of carbonyl (C=O) groups excluding carboxylic acids is 1. The highest BCUT2D eigenvalue weighted by Gasteiger charge is 2.32. The molecule has 1 heterocycles. The molecular formula is C20H27F3IN7O. The minimum Gasteiger partial charge on any atom is -0.357 e. The molecule has 0 radical (unpaired) electrons. The van der Waals surface area contributed by atoms with Crippen molar-refractivity contribution in [3.05, 3.63) is 53.3 Å². The van der Waals surface area contributed by atoms with Crippen molar-refractivity contribution in [1.29, 1.82) is 0 Å². The van der Waals surface area contributed by atoms with E-state index in [1.54, 1.807) is 26.2 Å². The van der Waals surface area contributed by atoms with E-state index in [0.29, 0.717) is 37.7 Å². The van der Waals surface area contributed by atoms with Crippen LogP contribution in [0.25, 0.3) is 0 Å². The summed E-state index contributed by atoms with van der Waals surface area (Å²) in [6.07, 6.45) is -3.45. The van der Waals surface area contributed by atoms with E-state index >= 15 is 0 Å². The summed E-state index contributed by atoms with van der Waals surface area (Å²) in [4.78, 5) is 25.2. The number of alkyl halides is 3. The number of nitrogens with zero attached hydrogens (tertiary/aromatic N) is 4. The number of aromatic nitrogens is 2. The van der Waals surface area contributed by atoms with Crippen LogP contribution in [-0.4, -0.2) is 60.5 Å². The van der Waals surface area contributed by atoms with Crippen LogP contribution in [0.3, 0.4) is 0 Å². The minimum atomic E-state index is -4.51. The van der Waals surface area contributed by atoms with Gasteiger partial charge >= 0.3 is 6.18 Å². The van der Waals surface area contributed by atoms with Crippen molar-refractivity contribution in [1.82, 2.24) is 25.5 Å². The SMILES string of the molecule is CCNC(=NCc1ccc(C(=O)N(C)C)cc1)NCCNc1nccc(C(F)(F)F)n1.I. The summed E-state index contributed by atoms with van der Waals surface area (Å²) in [5.41, 5.74) is 0.541. The van der Waals surface area contributed by atoms with Gasteiger partial charge in [0.1, 0.15) is 5.69 Å². The topological polar surface area (TPSA) is 94.5 Å². The highest BCUT2D eigenvalue weighted by molar-refractivity contribution is 14.0. The molecule has 0 unspecified atom stereocenters. The first kappa shape index (κ1) is 27.4. The molecule has 0 aliphatic rings. The van der Waals surface area contributed by atoms with Gasteiger partial charge in [-0.05, 0) is 30.7 Å². The lowest BCUT2D eigenvalue weighted by Gasteiger charge is -2.13. The van der Waals surface area contributed by atoms with Gasteiger partial charge in [0.05, 0.1) is 6.54 Å². The Labute approximate surface area is 202 Å². The van der Waals surface area contributed by atoms with Gasteiger partial charge in [-0.3, -0.25) is 4.79 Å². The molecule has 1 aromatic heterocycles. The van der Waals surface area contributed by atoms with Gasteiger partial charge in [-0.2, -0.15) is 13.2 Å². The van der Waals surface area contributed by atoms with Gasteiger partial charge in [-0.25, -0.2) is 15.0 Å². The van der Waals surface area contributed by atoms with Gasteiger partial charge in [0.2, 0.25) is 5.95 Å². The van der Waals surface area contributed by atoms with E-state index in [9.17, 15) is 18.0 Å². The Morgan fingerprint density at radius 3 is 2.38 bits per heavy atom. The van der Waals surface area contributed by atoms with Crippen LogP contribution in [0.4, 0.5) is 19.1 Å². The third-order valence-electron chi connectivity index (χ3n) is 4.02. The maximum atomic E-state index is 12.7. The molecule has 32 heavy (non-hydrogen) atoms. The molecule has 0 atom stereocenters. The Kier molecular flexibility index (Phi) is 11.2. The quantitative estimate of drug-likeness (QED) is 0.197. The molecule has 0 spiro atoms. The Hall–Kier alpha value is -2.64. The van der Waals surface area contributed by atoms with Crippen molar-refractivity contribution >= 4 is 41.8 Å². The number of halogens is 4. The first-order valence-electron chi connectivity index (χ1n) is 9.67. The molecule has 8 nitrogen and oxygen atoms in total. The average Bonchev–Trinajstić information content (AvgIpc) is 2.74. The first-order chi connectivity index (χ1) is 14.7. The number of aliphatic imine (C=N–C) groups is 1.